The van der Waals surface area contributed by atoms with Crippen LogP contribution in [0.4, 0.5) is 4.39 Å². The molecule has 4 rings (SSSR count). The van der Waals surface area contributed by atoms with Gasteiger partial charge in [-0.15, -0.1) is 0 Å². The summed E-state index contributed by atoms with van der Waals surface area (Å²) in [5.41, 5.74) is 0.536. The number of aromatic nitrogens is 2. The van der Waals surface area contributed by atoms with Gasteiger partial charge in [-0.2, -0.15) is 0 Å². The van der Waals surface area contributed by atoms with Crippen LogP contribution in [-0.4, -0.2) is 49.5 Å². The van der Waals surface area contributed by atoms with Gasteiger partial charge in [0.15, 0.2) is 6.20 Å². The average molecular weight is 507 g/mol. The molecular weight excluding hydrogens is 482 g/mol. The molecule has 2 aliphatic rings. The Morgan fingerprint density at radius 3 is 2.91 bits per heavy atom. The number of nitrogens with one attached hydrogen (secondary N) is 1. The van der Waals surface area contributed by atoms with Gasteiger partial charge in [0.05, 0.1) is 17.3 Å². The number of aliphatic hydroxyl groups is 3. The molecule has 14 heteroatoms. The van der Waals surface area contributed by atoms with Crippen LogP contribution in [0.5, 0.6) is 5.75 Å². The maximum absolute atomic E-state index is 16.0. The van der Waals surface area contributed by atoms with Crippen molar-refractivity contribution in [2.24, 2.45) is 0 Å². The van der Waals surface area contributed by atoms with E-state index in [-0.39, 0.29) is 27.1 Å². The lowest BCUT2D eigenvalue weighted by Crippen LogP contribution is -2.43. The molecule has 4 N–H and O–H groups in total. The van der Waals surface area contributed by atoms with Crippen molar-refractivity contribution in [1.82, 2.24) is 9.55 Å². The first-order valence-electron chi connectivity index (χ1n) is 11.0. The molecule has 0 saturated carbocycles. The number of hydrogen-bond acceptors (Lipinski definition) is 10. The zero-order valence-corrected chi connectivity index (χ0v) is 19.0. The van der Waals surface area contributed by atoms with Crippen molar-refractivity contribution < 1.29 is 46.7 Å². The number of halogens is 1. The van der Waals surface area contributed by atoms with Gasteiger partial charge in [-0.3, -0.25) is 18.6 Å². The lowest BCUT2D eigenvalue weighted by molar-refractivity contribution is -0.205. The summed E-state index contributed by atoms with van der Waals surface area (Å²) in [4.78, 5) is 14.5. The summed E-state index contributed by atoms with van der Waals surface area (Å²) in [6, 6.07) is 3.37. The monoisotopic (exact) mass is 507 g/mol. The van der Waals surface area contributed by atoms with Crippen molar-refractivity contribution in [2.45, 2.75) is 51.3 Å². The van der Waals surface area contributed by atoms with Crippen molar-refractivity contribution in [1.29, 1.82) is 0 Å². The maximum atomic E-state index is 16.0. The number of aliphatic hydroxyl groups excluding tert-OH is 3. The molecule has 0 aliphatic carbocycles. The summed E-state index contributed by atoms with van der Waals surface area (Å²) in [5, 5.41) is 30.3. The number of aromatic amines is 1. The Hall–Kier alpha value is -1.96. The van der Waals surface area contributed by atoms with Gasteiger partial charge in [0.25, 0.3) is 5.85 Å². The van der Waals surface area contributed by atoms with Crippen LogP contribution in [0.25, 0.3) is 0 Å². The lowest BCUT2D eigenvalue weighted by Gasteiger charge is -2.29. The van der Waals surface area contributed by atoms with E-state index < -0.39 is 50.9 Å². The second kappa shape index (κ2) is 8.67. The summed E-state index contributed by atoms with van der Waals surface area (Å²) >= 11 is 4.86. The fourth-order valence-corrected chi connectivity index (χ4v) is 4.77. The summed E-state index contributed by atoms with van der Waals surface area (Å²) < 4.78 is 73.7. The predicted molar refractivity (Wildman–Crippen MR) is 113 cm³/mol. The molecule has 180 valence electrons. The van der Waals surface area contributed by atoms with Crippen LogP contribution in [0, 0.1) is 18.5 Å². The molecule has 3 heterocycles. The minimum atomic E-state index is -4.86. The highest BCUT2D eigenvalue weighted by Gasteiger charge is 2.57. The first-order valence-corrected chi connectivity index (χ1v) is 11.4. The molecule has 1 unspecified atom stereocenters. The number of H-pyrrole nitrogens is 1. The molecule has 0 spiro atoms. The van der Waals surface area contributed by atoms with Crippen molar-refractivity contribution in [3.05, 3.63) is 55.7 Å². The Bertz CT molecular complexity index is 1390. The Labute approximate surface area is 196 Å². The van der Waals surface area contributed by atoms with Crippen LogP contribution in [-0.2, 0) is 31.6 Å². The van der Waals surface area contributed by atoms with E-state index in [4.69, 9.17) is 34.6 Å². The van der Waals surface area contributed by atoms with Crippen molar-refractivity contribution in [3.8, 4) is 5.75 Å². The van der Waals surface area contributed by atoms with Crippen LogP contribution in [0.1, 0.15) is 32.6 Å². The second-order valence-electron chi connectivity index (χ2n) is 7.49. The number of hydrogen-bond donors (Lipinski definition) is 4. The molecule has 0 amide bonds. The van der Waals surface area contributed by atoms with Crippen LogP contribution in [0.3, 0.4) is 0 Å². The largest absolute Gasteiger partial charge is 0.530 e. The number of ether oxygens (including phenoxy) is 1. The third kappa shape index (κ3) is 4.43. The average Bonchev–Trinajstić information content (AvgIpc) is 2.95. The second-order valence-corrected chi connectivity index (χ2v) is 9.42. The standard InChI is InChI=1S/C19H22FN2O9PS/c1-9-3-10(2)14-11(4-9)7-28-32(27,31-14)29-8-19(20)15(25)13(24)17(30-19)22-5-12(6-23)16(33)21-18(22)26/h3-5,13,15,17,23-25H,6-8H2,1-2H3,(H,21,26,33)/t13-,15+,17-,19-,32?/m1/s1/i8D2,17D. The number of phosphoric acid groups is 1. The fourth-order valence-electron chi connectivity index (χ4n) is 3.40. The number of alkyl halides is 1. The maximum Gasteiger partial charge on any atom is 0.530 e. The highest BCUT2D eigenvalue weighted by molar-refractivity contribution is 7.71. The van der Waals surface area contributed by atoms with E-state index in [2.05, 4.69) is 4.98 Å². The van der Waals surface area contributed by atoms with E-state index in [1.54, 1.807) is 26.0 Å². The highest BCUT2D eigenvalue weighted by atomic mass is 32.1. The number of phosphoric ester groups is 1. The lowest BCUT2D eigenvalue weighted by atomic mass is 10.1. The number of fused-ring (bicyclic) bond motifs is 1. The third-order valence-corrected chi connectivity index (χ3v) is 6.51. The normalized spacial score (nSPS) is 35.3. The van der Waals surface area contributed by atoms with Gasteiger partial charge in [-0.05, 0) is 19.4 Å². The highest BCUT2D eigenvalue weighted by Crippen LogP contribution is 2.56. The summed E-state index contributed by atoms with van der Waals surface area (Å²) in [7, 11) is -4.86. The molecule has 1 saturated heterocycles. The Balaban J connectivity index is 1.69. The molecule has 2 aliphatic heterocycles. The van der Waals surface area contributed by atoms with E-state index >= 15 is 4.39 Å². The first-order chi connectivity index (χ1) is 16.6. The number of aryl methyl sites for hydroxylation is 2. The van der Waals surface area contributed by atoms with Gasteiger partial charge in [0.1, 0.15) is 29.2 Å². The van der Waals surface area contributed by atoms with Gasteiger partial charge in [0.2, 0.25) is 0 Å². The summed E-state index contributed by atoms with van der Waals surface area (Å²) in [5.74, 6) is -3.99. The molecule has 11 nitrogen and oxygen atoms in total. The number of rotatable bonds is 5. The van der Waals surface area contributed by atoms with Gasteiger partial charge < -0.3 is 24.6 Å². The van der Waals surface area contributed by atoms with Gasteiger partial charge in [-0.25, -0.2) is 13.8 Å². The number of benzene rings is 1. The SMILES string of the molecule is [2H]C([2H])(OP1(=O)OCc2cc(C)cc(C)c2O1)[C@@]1(F)O[C@@]([2H])(n2cc(CO)c(=S)[nH]c2=O)[C@H](O)[C@@H]1O. The van der Waals surface area contributed by atoms with E-state index in [0.717, 1.165) is 11.8 Å². The van der Waals surface area contributed by atoms with Crippen LogP contribution >= 0.6 is 20.0 Å². The molecule has 33 heavy (non-hydrogen) atoms. The van der Waals surface area contributed by atoms with Gasteiger partial charge in [-0.1, -0.05) is 29.9 Å². The summed E-state index contributed by atoms with van der Waals surface area (Å²) in [6.07, 6.45) is -7.79. The first kappa shape index (κ1) is 20.4. The zero-order chi connectivity index (χ0) is 26.8. The third-order valence-electron chi connectivity index (χ3n) is 4.98. The van der Waals surface area contributed by atoms with E-state index in [1.807, 2.05) is 0 Å². The van der Waals surface area contributed by atoms with Gasteiger partial charge >= 0.3 is 13.5 Å². The fraction of sp³-hybridized carbons (Fsp3) is 0.474. The topological polar surface area (TPSA) is 152 Å². The van der Waals surface area contributed by atoms with E-state index in [1.165, 1.54) is 0 Å². The Kier molecular flexibility index (Phi) is 5.37. The van der Waals surface area contributed by atoms with Crippen LogP contribution in [0.2, 0.25) is 0 Å². The molecule has 1 aromatic carbocycles. The van der Waals surface area contributed by atoms with Gasteiger partial charge in [0, 0.05) is 17.3 Å². The van der Waals surface area contributed by atoms with E-state index in [9.17, 15) is 24.7 Å². The quantitative estimate of drug-likeness (QED) is 0.347. The number of nitrogens with zero attached hydrogens (tertiary/aromatic N) is 1. The summed E-state index contributed by atoms with van der Waals surface area (Å²) in [6.45, 7) is -1.47. The molecule has 2 aromatic rings. The van der Waals surface area contributed by atoms with Crippen LogP contribution in [0.15, 0.2) is 23.1 Å². The van der Waals surface area contributed by atoms with E-state index in [0.29, 0.717) is 11.1 Å². The van der Waals surface area contributed by atoms with Crippen molar-refractivity contribution in [2.75, 3.05) is 6.56 Å². The Morgan fingerprint density at radius 2 is 2.21 bits per heavy atom. The predicted octanol–water partition coefficient (Wildman–Crippen LogP) is 1.67. The smallest absolute Gasteiger partial charge is 0.403 e. The van der Waals surface area contributed by atoms with Crippen LogP contribution < -0.4 is 10.2 Å². The minimum Gasteiger partial charge on any atom is -0.403 e. The molecule has 0 radical (unpaired) electrons. The van der Waals surface area contributed by atoms with Crippen molar-refractivity contribution >= 4 is 20.0 Å². The molecule has 5 atom stereocenters. The van der Waals surface area contributed by atoms with Crippen molar-refractivity contribution in [3.63, 3.8) is 0 Å². The zero-order valence-electron chi connectivity index (χ0n) is 20.3. The molecule has 1 fully saturated rings. The minimum absolute atomic E-state index is 0.0734. The molecule has 0 bridgehead atoms. The molecule has 1 aromatic heterocycles. The Morgan fingerprint density at radius 1 is 1.48 bits per heavy atom. The molecular formula is C19H22FN2O9PS.